The Morgan fingerprint density at radius 3 is 2.33 bits per heavy atom. The summed E-state index contributed by atoms with van der Waals surface area (Å²) in [7, 11) is 0. The van der Waals surface area contributed by atoms with Crippen LogP contribution in [0.4, 0.5) is 0 Å². The molecule has 0 saturated heterocycles. The lowest BCUT2D eigenvalue weighted by Crippen LogP contribution is -2.11. The lowest BCUT2D eigenvalue weighted by Gasteiger charge is -2.23. The monoisotopic (exact) mass is 206 g/mol. The standard InChI is InChI=1S/C15H26/c1-7-14(15(5,6)8-2)12-10-9-11-13(3)4/h7,9-10,12-13H,1,8,11H2,2-6H3/b10-9+,14-12+. The fourth-order valence-electron chi connectivity index (χ4n) is 1.30. The Hall–Kier alpha value is -0.780. The fourth-order valence-corrected chi connectivity index (χ4v) is 1.30. The predicted molar refractivity (Wildman–Crippen MR) is 70.9 cm³/mol. The smallest absolute Gasteiger partial charge is 0.0106 e. The van der Waals surface area contributed by atoms with Gasteiger partial charge in [0, 0.05) is 0 Å². The molecule has 0 aliphatic rings. The first kappa shape index (κ1) is 14.2. The van der Waals surface area contributed by atoms with Crippen LogP contribution in [0.25, 0.3) is 0 Å². The van der Waals surface area contributed by atoms with Gasteiger partial charge < -0.3 is 0 Å². The van der Waals surface area contributed by atoms with Gasteiger partial charge in [-0.1, -0.05) is 65.5 Å². The molecule has 0 bridgehead atoms. The first-order chi connectivity index (χ1) is 6.94. The number of rotatable bonds is 6. The van der Waals surface area contributed by atoms with Gasteiger partial charge in [0.15, 0.2) is 0 Å². The Bertz CT molecular complexity index is 239. The molecule has 0 rings (SSSR count). The lowest BCUT2D eigenvalue weighted by atomic mass is 9.81. The third kappa shape index (κ3) is 5.61. The second-order valence-electron chi connectivity index (χ2n) is 5.12. The first-order valence-corrected chi connectivity index (χ1v) is 5.93. The molecule has 0 fully saturated rings. The number of allylic oxidation sites excluding steroid dienone is 5. The van der Waals surface area contributed by atoms with E-state index in [2.05, 4.69) is 59.4 Å². The highest BCUT2D eigenvalue weighted by molar-refractivity contribution is 5.27. The SMILES string of the molecule is C=C/C(=C\C=C\CC(C)C)C(C)(C)CC. The van der Waals surface area contributed by atoms with Crippen LogP contribution in [0.5, 0.6) is 0 Å². The van der Waals surface area contributed by atoms with Crippen molar-refractivity contribution in [2.75, 3.05) is 0 Å². The minimum Gasteiger partial charge on any atom is -0.0988 e. The van der Waals surface area contributed by atoms with Crippen LogP contribution in [0.15, 0.2) is 36.5 Å². The molecule has 0 spiro atoms. The van der Waals surface area contributed by atoms with Gasteiger partial charge in [0.05, 0.1) is 0 Å². The first-order valence-electron chi connectivity index (χ1n) is 5.93. The summed E-state index contributed by atoms with van der Waals surface area (Å²) in [6.07, 6.45) is 10.9. The third-order valence-electron chi connectivity index (χ3n) is 2.90. The molecule has 0 aliphatic carbocycles. The quantitative estimate of drug-likeness (QED) is 0.528. The van der Waals surface area contributed by atoms with Crippen LogP contribution >= 0.6 is 0 Å². The molecule has 0 saturated carbocycles. The summed E-state index contributed by atoms with van der Waals surface area (Å²) in [6, 6.07) is 0. The van der Waals surface area contributed by atoms with Crippen molar-refractivity contribution in [3.8, 4) is 0 Å². The van der Waals surface area contributed by atoms with Crippen molar-refractivity contribution >= 4 is 0 Å². The van der Waals surface area contributed by atoms with E-state index in [1.165, 1.54) is 5.57 Å². The third-order valence-corrected chi connectivity index (χ3v) is 2.90. The van der Waals surface area contributed by atoms with Crippen molar-refractivity contribution in [3.63, 3.8) is 0 Å². The van der Waals surface area contributed by atoms with Crippen LogP contribution in [0.3, 0.4) is 0 Å². The Balaban J connectivity index is 4.48. The average molecular weight is 206 g/mol. The van der Waals surface area contributed by atoms with Crippen molar-refractivity contribution in [1.82, 2.24) is 0 Å². The van der Waals surface area contributed by atoms with E-state index in [9.17, 15) is 0 Å². The minimum absolute atomic E-state index is 0.240. The summed E-state index contributed by atoms with van der Waals surface area (Å²) < 4.78 is 0. The molecule has 0 aliphatic heterocycles. The summed E-state index contributed by atoms with van der Waals surface area (Å²) in [5, 5.41) is 0. The second-order valence-corrected chi connectivity index (χ2v) is 5.12. The van der Waals surface area contributed by atoms with E-state index in [1.807, 2.05) is 6.08 Å². The predicted octanol–water partition coefficient (Wildman–Crippen LogP) is 5.14. The maximum atomic E-state index is 3.89. The molecule has 0 N–H and O–H groups in total. The zero-order valence-corrected chi connectivity index (χ0v) is 11.0. The highest BCUT2D eigenvalue weighted by Gasteiger charge is 2.17. The summed E-state index contributed by atoms with van der Waals surface area (Å²) in [5.41, 5.74) is 1.56. The summed E-state index contributed by atoms with van der Waals surface area (Å²) in [4.78, 5) is 0. The van der Waals surface area contributed by atoms with Crippen molar-refractivity contribution in [3.05, 3.63) is 36.5 Å². The van der Waals surface area contributed by atoms with Crippen LogP contribution in [0.1, 0.15) is 47.5 Å². The van der Waals surface area contributed by atoms with Gasteiger partial charge in [0.2, 0.25) is 0 Å². The lowest BCUT2D eigenvalue weighted by molar-refractivity contribution is 0.440. The van der Waals surface area contributed by atoms with Crippen LogP contribution in [-0.2, 0) is 0 Å². The van der Waals surface area contributed by atoms with Gasteiger partial charge >= 0.3 is 0 Å². The molecule has 0 atom stereocenters. The zero-order chi connectivity index (χ0) is 11.9. The number of hydrogen-bond acceptors (Lipinski definition) is 0. The van der Waals surface area contributed by atoms with Gasteiger partial charge in [-0.3, -0.25) is 0 Å². The van der Waals surface area contributed by atoms with E-state index in [0.29, 0.717) is 0 Å². The molecule has 15 heavy (non-hydrogen) atoms. The highest BCUT2D eigenvalue weighted by Crippen LogP contribution is 2.30. The summed E-state index contributed by atoms with van der Waals surface area (Å²) >= 11 is 0. The van der Waals surface area contributed by atoms with E-state index in [4.69, 9.17) is 0 Å². The van der Waals surface area contributed by atoms with Crippen LogP contribution in [0.2, 0.25) is 0 Å². The van der Waals surface area contributed by atoms with E-state index >= 15 is 0 Å². The molecule has 0 heteroatoms. The molecule has 0 aromatic rings. The van der Waals surface area contributed by atoms with E-state index < -0.39 is 0 Å². The molecule has 0 amide bonds. The Morgan fingerprint density at radius 2 is 1.93 bits per heavy atom. The molecule has 86 valence electrons. The highest BCUT2D eigenvalue weighted by atomic mass is 14.2. The zero-order valence-electron chi connectivity index (χ0n) is 11.0. The van der Waals surface area contributed by atoms with E-state index in [-0.39, 0.29) is 5.41 Å². The van der Waals surface area contributed by atoms with Gasteiger partial charge in [-0.25, -0.2) is 0 Å². The van der Waals surface area contributed by atoms with Crippen LogP contribution < -0.4 is 0 Å². The van der Waals surface area contributed by atoms with Gasteiger partial charge in [-0.15, -0.1) is 0 Å². The van der Waals surface area contributed by atoms with Gasteiger partial charge in [-0.05, 0) is 29.7 Å². The molecule has 0 nitrogen and oxygen atoms in total. The Labute approximate surface area is 95.8 Å². The molecule has 0 radical (unpaired) electrons. The molecule has 0 heterocycles. The van der Waals surface area contributed by atoms with E-state index in [1.54, 1.807) is 0 Å². The van der Waals surface area contributed by atoms with Crippen molar-refractivity contribution in [2.24, 2.45) is 11.3 Å². The maximum absolute atomic E-state index is 3.89. The molecular formula is C15H26. The average Bonchev–Trinajstić information content (AvgIpc) is 2.17. The van der Waals surface area contributed by atoms with E-state index in [0.717, 1.165) is 18.8 Å². The molecule has 0 unspecified atom stereocenters. The van der Waals surface area contributed by atoms with Crippen LogP contribution in [0, 0.1) is 11.3 Å². The maximum Gasteiger partial charge on any atom is -0.0106 e. The topological polar surface area (TPSA) is 0 Å². The molecule has 0 aromatic heterocycles. The number of hydrogen-bond donors (Lipinski definition) is 0. The van der Waals surface area contributed by atoms with Gasteiger partial charge in [0.1, 0.15) is 0 Å². The summed E-state index contributed by atoms with van der Waals surface area (Å²) in [5.74, 6) is 0.737. The van der Waals surface area contributed by atoms with Gasteiger partial charge in [0.25, 0.3) is 0 Å². The van der Waals surface area contributed by atoms with Crippen molar-refractivity contribution in [1.29, 1.82) is 0 Å². The summed E-state index contributed by atoms with van der Waals surface area (Å²) in [6.45, 7) is 15.1. The van der Waals surface area contributed by atoms with Crippen LogP contribution in [-0.4, -0.2) is 0 Å². The van der Waals surface area contributed by atoms with Crippen molar-refractivity contribution in [2.45, 2.75) is 47.5 Å². The van der Waals surface area contributed by atoms with Gasteiger partial charge in [-0.2, -0.15) is 0 Å². The normalized spacial score (nSPS) is 13.9. The minimum atomic E-state index is 0.240. The largest absolute Gasteiger partial charge is 0.0988 e. The second kappa shape index (κ2) is 6.66. The fraction of sp³-hybridized carbons (Fsp3) is 0.600. The molecular weight excluding hydrogens is 180 g/mol. The van der Waals surface area contributed by atoms with Crippen molar-refractivity contribution < 1.29 is 0 Å². The Kier molecular flexibility index (Phi) is 6.31. The Morgan fingerprint density at radius 1 is 1.33 bits per heavy atom. The molecule has 0 aromatic carbocycles.